The summed E-state index contributed by atoms with van der Waals surface area (Å²) in [7, 11) is 0. The number of anilines is 2. The molecule has 0 saturated heterocycles. The molecule has 0 spiro atoms. The van der Waals surface area contributed by atoms with Crippen molar-refractivity contribution in [3.63, 3.8) is 0 Å². The van der Waals surface area contributed by atoms with E-state index in [0.29, 0.717) is 23.7 Å². The second-order valence-corrected chi connectivity index (χ2v) is 4.55. The van der Waals surface area contributed by atoms with Gasteiger partial charge < -0.3 is 16.4 Å². The summed E-state index contributed by atoms with van der Waals surface area (Å²) in [6.45, 7) is 4.15. The number of amides is 3. The van der Waals surface area contributed by atoms with Gasteiger partial charge in [0, 0.05) is 17.8 Å². The van der Waals surface area contributed by atoms with Crippen LogP contribution in [0.1, 0.15) is 26.7 Å². The fourth-order valence-electron chi connectivity index (χ4n) is 1.46. The van der Waals surface area contributed by atoms with Crippen LogP contribution in [0.25, 0.3) is 0 Å². The van der Waals surface area contributed by atoms with E-state index < -0.39 is 6.03 Å². The maximum absolute atomic E-state index is 11.6. The van der Waals surface area contributed by atoms with E-state index in [1.54, 1.807) is 24.3 Å². The molecule has 3 amide bonds. The summed E-state index contributed by atoms with van der Waals surface area (Å²) in [6, 6.07) is 6.24. The average molecular weight is 249 g/mol. The maximum atomic E-state index is 11.6. The second kappa shape index (κ2) is 6.64. The number of carbonyl (C=O) groups is 2. The number of nitrogens with one attached hydrogen (secondary N) is 2. The highest BCUT2D eigenvalue weighted by Crippen LogP contribution is 2.15. The van der Waals surface area contributed by atoms with E-state index in [9.17, 15) is 9.59 Å². The van der Waals surface area contributed by atoms with Crippen molar-refractivity contribution in [2.24, 2.45) is 11.7 Å². The Balaban J connectivity index is 2.56. The standard InChI is InChI=1S/C13H19N3O2/c1-9(2)6-7-12(17)15-10-4-3-5-11(8-10)16-13(14)18/h3-5,8-9H,6-7H2,1-2H3,(H,15,17)(H3,14,16,18). The van der Waals surface area contributed by atoms with Crippen LogP contribution < -0.4 is 16.4 Å². The molecule has 98 valence electrons. The monoisotopic (exact) mass is 249 g/mol. The van der Waals surface area contributed by atoms with Gasteiger partial charge in [-0.1, -0.05) is 19.9 Å². The van der Waals surface area contributed by atoms with E-state index in [4.69, 9.17) is 5.73 Å². The van der Waals surface area contributed by atoms with Crippen LogP contribution in [0.15, 0.2) is 24.3 Å². The van der Waals surface area contributed by atoms with Gasteiger partial charge in [0.2, 0.25) is 5.91 Å². The summed E-state index contributed by atoms with van der Waals surface area (Å²) in [5, 5.41) is 5.24. The molecule has 1 aromatic carbocycles. The van der Waals surface area contributed by atoms with E-state index in [0.717, 1.165) is 6.42 Å². The Labute approximate surface area is 107 Å². The first kappa shape index (κ1) is 14.0. The fourth-order valence-corrected chi connectivity index (χ4v) is 1.46. The van der Waals surface area contributed by atoms with Gasteiger partial charge in [-0.25, -0.2) is 4.79 Å². The Morgan fingerprint density at radius 1 is 1.22 bits per heavy atom. The van der Waals surface area contributed by atoms with Crippen molar-refractivity contribution in [1.29, 1.82) is 0 Å². The van der Waals surface area contributed by atoms with Crippen molar-refractivity contribution in [2.45, 2.75) is 26.7 Å². The van der Waals surface area contributed by atoms with Gasteiger partial charge in [0.15, 0.2) is 0 Å². The van der Waals surface area contributed by atoms with Gasteiger partial charge in [-0.05, 0) is 30.5 Å². The molecule has 0 aromatic heterocycles. The minimum absolute atomic E-state index is 0.0278. The number of urea groups is 1. The number of nitrogens with two attached hydrogens (primary N) is 1. The van der Waals surface area contributed by atoms with Gasteiger partial charge in [-0.2, -0.15) is 0 Å². The third-order valence-electron chi connectivity index (χ3n) is 2.36. The van der Waals surface area contributed by atoms with E-state index in [1.165, 1.54) is 0 Å². The largest absolute Gasteiger partial charge is 0.351 e. The maximum Gasteiger partial charge on any atom is 0.316 e. The molecule has 1 aromatic rings. The van der Waals surface area contributed by atoms with Crippen LogP contribution in [0.3, 0.4) is 0 Å². The third-order valence-corrected chi connectivity index (χ3v) is 2.36. The quantitative estimate of drug-likeness (QED) is 0.749. The number of primary amides is 1. The summed E-state index contributed by atoms with van der Waals surface area (Å²) in [6.07, 6.45) is 1.34. The summed E-state index contributed by atoms with van der Waals surface area (Å²) >= 11 is 0. The lowest BCUT2D eigenvalue weighted by Gasteiger charge is -2.08. The third kappa shape index (κ3) is 5.34. The Bertz CT molecular complexity index is 430. The molecule has 0 aliphatic carbocycles. The van der Waals surface area contributed by atoms with Gasteiger partial charge in [0.1, 0.15) is 0 Å². The highest BCUT2D eigenvalue weighted by atomic mass is 16.2. The zero-order valence-corrected chi connectivity index (χ0v) is 10.7. The van der Waals surface area contributed by atoms with Crippen LogP contribution in [0.4, 0.5) is 16.2 Å². The number of benzene rings is 1. The summed E-state index contributed by atoms with van der Waals surface area (Å²) in [5.74, 6) is 0.471. The van der Waals surface area contributed by atoms with Crippen LogP contribution in [0, 0.1) is 5.92 Å². The Morgan fingerprint density at radius 3 is 2.39 bits per heavy atom. The highest BCUT2D eigenvalue weighted by Gasteiger charge is 2.05. The molecule has 0 fully saturated rings. The molecule has 0 saturated carbocycles. The molecule has 18 heavy (non-hydrogen) atoms. The first-order valence-electron chi connectivity index (χ1n) is 5.93. The molecule has 0 unspecified atom stereocenters. The van der Waals surface area contributed by atoms with Crippen molar-refractivity contribution < 1.29 is 9.59 Å². The number of rotatable bonds is 5. The van der Waals surface area contributed by atoms with Crippen molar-refractivity contribution in [3.05, 3.63) is 24.3 Å². The molecule has 5 nitrogen and oxygen atoms in total. The molecule has 1 rings (SSSR count). The summed E-state index contributed by atoms with van der Waals surface area (Å²) in [5.41, 5.74) is 6.23. The Morgan fingerprint density at radius 2 is 1.83 bits per heavy atom. The van der Waals surface area contributed by atoms with Crippen LogP contribution in [-0.4, -0.2) is 11.9 Å². The predicted octanol–water partition coefficient (Wildman–Crippen LogP) is 2.55. The van der Waals surface area contributed by atoms with E-state index >= 15 is 0 Å². The minimum atomic E-state index is -0.627. The molecule has 0 radical (unpaired) electrons. The number of hydrogen-bond donors (Lipinski definition) is 3. The Hall–Kier alpha value is -2.04. The first-order valence-corrected chi connectivity index (χ1v) is 5.93. The van der Waals surface area contributed by atoms with Crippen molar-refractivity contribution in [3.8, 4) is 0 Å². The van der Waals surface area contributed by atoms with Crippen LogP contribution in [0.5, 0.6) is 0 Å². The lowest BCUT2D eigenvalue weighted by atomic mass is 10.1. The van der Waals surface area contributed by atoms with Gasteiger partial charge in [0.05, 0.1) is 0 Å². The molecule has 0 bridgehead atoms. The van der Waals surface area contributed by atoms with Crippen molar-refractivity contribution >= 4 is 23.3 Å². The molecule has 0 aliphatic rings. The van der Waals surface area contributed by atoms with E-state index in [2.05, 4.69) is 24.5 Å². The van der Waals surface area contributed by atoms with E-state index in [-0.39, 0.29) is 5.91 Å². The first-order chi connectivity index (χ1) is 8.47. The summed E-state index contributed by atoms with van der Waals surface area (Å²) < 4.78 is 0. The second-order valence-electron chi connectivity index (χ2n) is 4.55. The molecule has 0 heterocycles. The van der Waals surface area contributed by atoms with E-state index in [1.807, 2.05) is 0 Å². The smallest absolute Gasteiger partial charge is 0.316 e. The highest BCUT2D eigenvalue weighted by molar-refractivity contribution is 5.93. The van der Waals surface area contributed by atoms with Crippen molar-refractivity contribution in [1.82, 2.24) is 0 Å². The SMILES string of the molecule is CC(C)CCC(=O)Nc1cccc(NC(N)=O)c1. The van der Waals surface area contributed by atoms with Crippen molar-refractivity contribution in [2.75, 3.05) is 10.6 Å². The van der Waals surface area contributed by atoms with Gasteiger partial charge in [0.25, 0.3) is 0 Å². The van der Waals surface area contributed by atoms with Gasteiger partial charge >= 0.3 is 6.03 Å². The zero-order chi connectivity index (χ0) is 13.5. The van der Waals surface area contributed by atoms with Crippen LogP contribution >= 0.6 is 0 Å². The topological polar surface area (TPSA) is 84.2 Å². The minimum Gasteiger partial charge on any atom is -0.351 e. The number of carbonyl (C=O) groups excluding carboxylic acids is 2. The average Bonchev–Trinajstić information content (AvgIpc) is 2.26. The van der Waals surface area contributed by atoms with Crippen LogP contribution in [0.2, 0.25) is 0 Å². The van der Waals surface area contributed by atoms with Gasteiger partial charge in [-0.15, -0.1) is 0 Å². The molecule has 4 N–H and O–H groups in total. The molecule has 5 heteroatoms. The molecule has 0 atom stereocenters. The summed E-state index contributed by atoms with van der Waals surface area (Å²) in [4.78, 5) is 22.3. The van der Waals surface area contributed by atoms with Gasteiger partial charge in [-0.3, -0.25) is 4.79 Å². The predicted molar refractivity (Wildman–Crippen MR) is 72.3 cm³/mol. The van der Waals surface area contributed by atoms with Crippen LogP contribution in [-0.2, 0) is 4.79 Å². The lowest BCUT2D eigenvalue weighted by molar-refractivity contribution is -0.116. The lowest BCUT2D eigenvalue weighted by Crippen LogP contribution is -2.19. The Kier molecular flexibility index (Phi) is 5.17. The molecule has 0 aliphatic heterocycles. The molecular weight excluding hydrogens is 230 g/mol. The fraction of sp³-hybridized carbons (Fsp3) is 0.385. The molecular formula is C13H19N3O2. The normalized spacial score (nSPS) is 10.2. The number of hydrogen-bond acceptors (Lipinski definition) is 2. The zero-order valence-electron chi connectivity index (χ0n) is 10.7.